The van der Waals surface area contributed by atoms with Gasteiger partial charge in [-0.15, -0.1) is 0 Å². The second-order valence-electron chi connectivity index (χ2n) is 4.17. The Morgan fingerprint density at radius 1 is 1.41 bits per heavy atom. The summed E-state index contributed by atoms with van der Waals surface area (Å²) in [6.07, 6.45) is 1.48. The van der Waals surface area contributed by atoms with Crippen molar-refractivity contribution in [3.8, 4) is 0 Å². The molecule has 0 saturated carbocycles. The molecule has 1 aromatic carbocycles. The minimum absolute atomic E-state index is 0.0118. The van der Waals surface area contributed by atoms with Gasteiger partial charge in [-0.1, -0.05) is 18.2 Å². The van der Waals surface area contributed by atoms with E-state index in [0.717, 1.165) is 17.7 Å². The van der Waals surface area contributed by atoms with Crippen LogP contribution in [-0.2, 0) is 4.79 Å². The molecule has 1 aromatic rings. The van der Waals surface area contributed by atoms with Crippen LogP contribution in [-0.4, -0.2) is 29.8 Å². The van der Waals surface area contributed by atoms with Crippen molar-refractivity contribution in [3.63, 3.8) is 0 Å². The van der Waals surface area contributed by atoms with Crippen molar-refractivity contribution in [1.29, 1.82) is 0 Å². The van der Waals surface area contributed by atoms with E-state index in [1.807, 2.05) is 37.3 Å². The van der Waals surface area contributed by atoms with Gasteiger partial charge >= 0.3 is 0 Å². The van der Waals surface area contributed by atoms with Crippen molar-refractivity contribution in [1.82, 2.24) is 0 Å². The van der Waals surface area contributed by atoms with Gasteiger partial charge in [0.05, 0.1) is 5.69 Å². The van der Waals surface area contributed by atoms with Crippen LogP contribution in [0.3, 0.4) is 0 Å². The van der Waals surface area contributed by atoms with E-state index in [0.29, 0.717) is 6.42 Å². The molecular weight excluding hydrogens is 216 g/mol. The molecular formula is C13H16N2O2. The SMILES string of the molecule is CC1=NN(c2ccccc2)C(C=O)C1CCO. The summed E-state index contributed by atoms with van der Waals surface area (Å²) in [4.78, 5) is 11.2. The number of para-hydroxylation sites is 1. The zero-order valence-corrected chi connectivity index (χ0v) is 9.78. The summed E-state index contributed by atoms with van der Waals surface area (Å²) in [6.45, 7) is 1.98. The van der Waals surface area contributed by atoms with Gasteiger partial charge in [-0.2, -0.15) is 5.10 Å². The predicted molar refractivity (Wildman–Crippen MR) is 67.1 cm³/mol. The van der Waals surface area contributed by atoms with Crippen LogP contribution in [0.2, 0.25) is 0 Å². The van der Waals surface area contributed by atoms with Crippen molar-refractivity contribution in [2.45, 2.75) is 19.4 Å². The average molecular weight is 232 g/mol. The summed E-state index contributed by atoms with van der Waals surface area (Å²) < 4.78 is 0. The summed E-state index contributed by atoms with van der Waals surface area (Å²) in [6, 6.07) is 9.31. The normalized spacial score (nSPS) is 23.6. The molecule has 0 aromatic heterocycles. The molecule has 0 bridgehead atoms. The monoisotopic (exact) mass is 232 g/mol. The number of aliphatic hydroxyl groups is 1. The molecule has 0 spiro atoms. The van der Waals surface area contributed by atoms with Crippen molar-refractivity contribution in [3.05, 3.63) is 30.3 Å². The van der Waals surface area contributed by atoms with E-state index in [-0.39, 0.29) is 18.6 Å². The molecule has 0 fully saturated rings. The van der Waals surface area contributed by atoms with Crippen molar-refractivity contribution in [2.24, 2.45) is 11.0 Å². The fourth-order valence-corrected chi connectivity index (χ4v) is 2.21. The molecule has 1 aliphatic heterocycles. The van der Waals surface area contributed by atoms with Gasteiger partial charge < -0.3 is 9.90 Å². The molecule has 2 unspecified atom stereocenters. The number of carbonyl (C=O) groups is 1. The van der Waals surface area contributed by atoms with Gasteiger partial charge in [0.1, 0.15) is 12.3 Å². The lowest BCUT2D eigenvalue weighted by molar-refractivity contribution is -0.109. The molecule has 4 nitrogen and oxygen atoms in total. The largest absolute Gasteiger partial charge is 0.396 e. The third-order valence-corrected chi connectivity index (χ3v) is 3.10. The Kier molecular flexibility index (Phi) is 3.54. The van der Waals surface area contributed by atoms with Crippen LogP contribution in [0.4, 0.5) is 5.69 Å². The Hall–Kier alpha value is -1.68. The Morgan fingerprint density at radius 3 is 2.71 bits per heavy atom. The molecule has 1 aliphatic rings. The van der Waals surface area contributed by atoms with E-state index < -0.39 is 0 Å². The Balaban J connectivity index is 2.27. The first kappa shape index (κ1) is 11.8. The lowest BCUT2D eigenvalue weighted by Gasteiger charge is -2.22. The quantitative estimate of drug-likeness (QED) is 0.799. The number of nitrogens with zero attached hydrogens (tertiary/aromatic N) is 2. The number of hydrazone groups is 1. The number of aldehydes is 1. The molecule has 0 aliphatic carbocycles. The molecule has 17 heavy (non-hydrogen) atoms. The lowest BCUT2D eigenvalue weighted by Crippen LogP contribution is -2.35. The number of carbonyl (C=O) groups excluding carboxylic acids is 1. The van der Waals surface area contributed by atoms with Gasteiger partial charge in [-0.25, -0.2) is 0 Å². The first-order chi connectivity index (χ1) is 8.27. The second-order valence-corrected chi connectivity index (χ2v) is 4.17. The van der Waals surface area contributed by atoms with Crippen LogP contribution in [0.25, 0.3) is 0 Å². The van der Waals surface area contributed by atoms with Crippen LogP contribution in [0.1, 0.15) is 13.3 Å². The summed E-state index contributed by atoms with van der Waals surface area (Å²) in [7, 11) is 0. The number of aliphatic hydroxyl groups excluding tert-OH is 1. The van der Waals surface area contributed by atoms with E-state index in [9.17, 15) is 4.79 Å². The maximum Gasteiger partial charge on any atom is 0.145 e. The summed E-state index contributed by atoms with van der Waals surface area (Å²) in [5, 5.41) is 15.2. The zero-order valence-electron chi connectivity index (χ0n) is 9.78. The fraction of sp³-hybridized carbons (Fsp3) is 0.385. The van der Waals surface area contributed by atoms with Crippen molar-refractivity contribution in [2.75, 3.05) is 11.6 Å². The van der Waals surface area contributed by atoms with Crippen molar-refractivity contribution >= 4 is 17.7 Å². The second kappa shape index (κ2) is 5.10. The van der Waals surface area contributed by atoms with Gasteiger partial charge in [0, 0.05) is 18.2 Å². The third-order valence-electron chi connectivity index (χ3n) is 3.10. The first-order valence-electron chi connectivity index (χ1n) is 5.73. The molecule has 0 saturated heterocycles. The highest BCUT2D eigenvalue weighted by atomic mass is 16.3. The molecule has 0 radical (unpaired) electrons. The van der Waals surface area contributed by atoms with E-state index in [4.69, 9.17) is 5.11 Å². The van der Waals surface area contributed by atoms with E-state index in [1.165, 1.54) is 0 Å². The highest BCUT2D eigenvalue weighted by molar-refractivity contribution is 5.93. The third kappa shape index (κ3) is 2.22. The van der Waals surface area contributed by atoms with Gasteiger partial charge in [-0.3, -0.25) is 5.01 Å². The number of anilines is 1. The van der Waals surface area contributed by atoms with E-state index in [1.54, 1.807) is 5.01 Å². The fourth-order valence-electron chi connectivity index (χ4n) is 2.21. The minimum atomic E-state index is -0.301. The predicted octanol–water partition coefficient (Wildman–Crippen LogP) is 1.45. The average Bonchev–Trinajstić information content (AvgIpc) is 2.68. The van der Waals surface area contributed by atoms with Crippen LogP contribution < -0.4 is 5.01 Å². The molecule has 1 heterocycles. The van der Waals surface area contributed by atoms with Crippen LogP contribution >= 0.6 is 0 Å². The number of hydrogen-bond donors (Lipinski definition) is 1. The number of hydrogen-bond acceptors (Lipinski definition) is 4. The van der Waals surface area contributed by atoms with Gasteiger partial charge in [0.2, 0.25) is 0 Å². The summed E-state index contributed by atoms with van der Waals surface area (Å²) in [5.41, 5.74) is 1.81. The molecule has 0 amide bonds. The van der Waals surface area contributed by atoms with Gasteiger partial charge in [-0.05, 0) is 25.5 Å². The van der Waals surface area contributed by atoms with Gasteiger partial charge in [0.15, 0.2) is 0 Å². The van der Waals surface area contributed by atoms with Gasteiger partial charge in [0.25, 0.3) is 0 Å². The minimum Gasteiger partial charge on any atom is -0.396 e. The molecule has 1 N–H and O–H groups in total. The first-order valence-corrected chi connectivity index (χ1v) is 5.73. The standard InChI is InChI=1S/C13H16N2O2/c1-10-12(7-8-16)13(9-17)15(14-10)11-5-3-2-4-6-11/h2-6,9,12-13,16H,7-8H2,1H3. The number of rotatable bonds is 4. The van der Waals surface area contributed by atoms with Crippen molar-refractivity contribution < 1.29 is 9.90 Å². The van der Waals surface area contributed by atoms with Crippen LogP contribution in [0, 0.1) is 5.92 Å². The highest BCUT2D eigenvalue weighted by Crippen LogP contribution is 2.28. The lowest BCUT2D eigenvalue weighted by atomic mass is 9.94. The number of benzene rings is 1. The summed E-state index contributed by atoms with van der Waals surface area (Å²) >= 11 is 0. The maximum absolute atomic E-state index is 11.2. The van der Waals surface area contributed by atoms with E-state index >= 15 is 0 Å². The molecule has 2 rings (SSSR count). The maximum atomic E-state index is 11.2. The smallest absolute Gasteiger partial charge is 0.145 e. The van der Waals surface area contributed by atoms with Crippen LogP contribution in [0.5, 0.6) is 0 Å². The summed E-state index contributed by atoms with van der Waals surface area (Å²) in [5.74, 6) is 0.0118. The molecule has 90 valence electrons. The Labute approximate surface area is 101 Å². The highest BCUT2D eigenvalue weighted by Gasteiger charge is 2.35. The Bertz CT molecular complexity index is 417. The van der Waals surface area contributed by atoms with Crippen LogP contribution in [0.15, 0.2) is 35.4 Å². The Morgan fingerprint density at radius 2 is 2.12 bits per heavy atom. The molecule has 4 heteroatoms. The zero-order chi connectivity index (χ0) is 12.3. The van der Waals surface area contributed by atoms with E-state index in [2.05, 4.69) is 5.10 Å². The topological polar surface area (TPSA) is 52.9 Å². The molecule has 2 atom stereocenters.